The molecule has 1 saturated carbocycles. The highest BCUT2D eigenvalue weighted by molar-refractivity contribution is 5.98. The van der Waals surface area contributed by atoms with Crippen LogP contribution in [0.15, 0.2) is 84.0 Å². The van der Waals surface area contributed by atoms with Gasteiger partial charge in [0.05, 0.1) is 14.2 Å². The maximum atomic E-state index is 12.9. The van der Waals surface area contributed by atoms with Crippen molar-refractivity contribution >= 4 is 23.8 Å². The molecule has 6 atom stereocenters. The Morgan fingerprint density at radius 2 is 1.29 bits per heavy atom. The lowest BCUT2D eigenvalue weighted by atomic mass is 9.79. The van der Waals surface area contributed by atoms with Crippen molar-refractivity contribution in [3.63, 3.8) is 0 Å². The third-order valence-electron chi connectivity index (χ3n) is 7.95. The van der Waals surface area contributed by atoms with E-state index in [1.807, 2.05) is 12.1 Å². The summed E-state index contributed by atoms with van der Waals surface area (Å²) in [7, 11) is 2.62. The topological polar surface area (TPSA) is 111 Å². The van der Waals surface area contributed by atoms with Gasteiger partial charge in [0, 0.05) is 11.1 Å². The third-order valence-corrected chi connectivity index (χ3v) is 7.95. The first-order chi connectivity index (χ1) is 18.4. The fourth-order valence-electron chi connectivity index (χ4n) is 6.19. The van der Waals surface area contributed by atoms with Crippen LogP contribution in [0, 0.1) is 23.7 Å². The lowest BCUT2D eigenvalue weighted by Gasteiger charge is -2.29. The van der Waals surface area contributed by atoms with Crippen molar-refractivity contribution in [2.45, 2.75) is 24.9 Å². The third kappa shape index (κ3) is 4.74. The van der Waals surface area contributed by atoms with E-state index in [1.165, 1.54) is 14.2 Å². The number of rotatable bonds is 8. The molecule has 0 aromatic heterocycles. The first-order valence-corrected chi connectivity index (χ1v) is 12.7. The number of amides is 2. The van der Waals surface area contributed by atoms with Crippen molar-refractivity contribution in [1.82, 2.24) is 10.6 Å². The summed E-state index contributed by atoms with van der Waals surface area (Å²) in [4.78, 5) is 51.2. The van der Waals surface area contributed by atoms with Gasteiger partial charge in [-0.05, 0) is 71.9 Å². The predicted molar refractivity (Wildman–Crippen MR) is 139 cm³/mol. The van der Waals surface area contributed by atoms with E-state index in [0.717, 1.165) is 17.6 Å². The molecule has 3 aliphatic rings. The number of carbonyl (C=O) groups excluding carboxylic acids is 4. The van der Waals surface area contributed by atoms with E-state index in [2.05, 4.69) is 22.8 Å². The molecule has 1 fully saturated rings. The normalized spacial score (nSPS) is 24.4. The summed E-state index contributed by atoms with van der Waals surface area (Å²) in [5.41, 5.74) is 2.57. The van der Waals surface area contributed by atoms with Crippen LogP contribution in [0.5, 0.6) is 0 Å². The van der Waals surface area contributed by atoms with Crippen molar-refractivity contribution in [3.05, 3.63) is 95.1 Å². The van der Waals surface area contributed by atoms with Gasteiger partial charge in [0.2, 0.25) is 0 Å². The Morgan fingerprint density at radius 1 is 0.763 bits per heavy atom. The molecule has 3 aliphatic carbocycles. The van der Waals surface area contributed by atoms with E-state index >= 15 is 0 Å². The van der Waals surface area contributed by atoms with Gasteiger partial charge in [-0.25, -0.2) is 9.59 Å². The highest BCUT2D eigenvalue weighted by atomic mass is 16.5. The summed E-state index contributed by atoms with van der Waals surface area (Å²) >= 11 is 0. The van der Waals surface area contributed by atoms with Crippen LogP contribution in [0.1, 0.15) is 33.6 Å². The van der Waals surface area contributed by atoms with Crippen LogP contribution in [0.3, 0.4) is 0 Å². The molecule has 2 amide bonds. The van der Waals surface area contributed by atoms with Crippen LogP contribution in [-0.4, -0.2) is 50.1 Å². The standard InChI is InChI=1S/C30H30N2O6/c1-37-29(35)25(31-27(33)17-9-5-3-6-10-17)20-15-21-19-13-23(22(21)16-20)24(14-19)26(30(36)38-2)32-28(34)18-11-7-4-8-12-18/h3-12,14,16,19,21-23,25-26H,13,15H2,1-2H3,(H,31,33)(H,32,34). The average molecular weight is 515 g/mol. The van der Waals surface area contributed by atoms with Crippen LogP contribution in [0.25, 0.3) is 0 Å². The maximum Gasteiger partial charge on any atom is 0.332 e. The summed E-state index contributed by atoms with van der Waals surface area (Å²) < 4.78 is 10.1. The van der Waals surface area contributed by atoms with Gasteiger partial charge in [-0.15, -0.1) is 0 Å². The molecule has 6 unspecified atom stereocenters. The second-order valence-electron chi connectivity index (χ2n) is 9.95. The minimum atomic E-state index is -0.893. The number of methoxy groups -OCH3 is 2. The Labute approximate surface area is 221 Å². The van der Waals surface area contributed by atoms with Gasteiger partial charge in [0.1, 0.15) is 12.1 Å². The molecule has 0 radical (unpaired) electrons. The quantitative estimate of drug-likeness (QED) is 0.414. The van der Waals surface area contributed by atoms with Crippen molar-refractivity contribution < 1.29 is 28.7 Å². The Morgan fingerprint density at radius 3 is 1.84 bits per heavy atom. The second-order valence-corrected chi connectivity index (χ2v) is 9.95. The zero-order valence-electron chi connectivity index (χ0n) is 21.3. The van der Waals surface area contributed by atoms with Crippen LogP contribution < -0.4 is 10.6 Å². The largest absolute Gasteiger partial charge is 0.467 e. The number of allylic oxidation sites excluding steroid dienone is 2. The van der Waals surface area contributed by atoms with Gasteiger partial charge in [0.15, 0.2) is 0 Å². The second kappa shape index (κ2) is 10.7. The Kier molecular flexibility index (Phi) is 7.13. The molecule has 0 aliphatic heterocycles. The van der Waals surface area contributed by atoms with Crippen LogP contribution in [0.2, 0.25) is 0 Å². The molecule has 0 saturated heterocycles. The number of benzene rings is 2. The Bertz CT molecular complexity index is 1300. The van der Waals surface area contributed by atoms with Gasteiger partial charge in [-0.1, -0.05) is 48.6 Å². The molecular formula is C30H30N2O6. The van der Waals surface area contributed by atoms with Crippen molar-refractivity contribution in [2.24, 2.45) is 23.7 Å². The van der Waals surface area contributed by atoms with E-state index in [-0.39, 0.29) is 35.5 Å². The smallest absolute Gasteiger partial charge is 0.332 e. The molecule has 196 valence electrons. The fraction of sp³-hybridized carbons (Fsp3) is 0.333. The first-order valence-electron chi connectivity index (χ1n) is 12.7. The number of esters is 2. The molecule has 2 aromatic carbocycles. The molecule has 2 N–H and O–H groups in total. The summed E-state index contributed by atoms with van der Waals surface area (Å²) in [5, 5.41) is 5.70. The first kappa shape index (κ1) is 25.4. The van der Waals surface area contributed by atoms with E-state index in [4.69, 9.17) is 9.47 Å². The summed E-state index contributed by atoms with van der Waals surface area (Å²) in [6, 6.07) is 15.7. The molecule has 2 bridgehead atoms. The lowest BCUT2D eigenvalue weighted by Crippen LogP contribution is -2.45. The number of fused-ring (bicyclic) bond motifs is 5. The van der Waals surface area contributed by atoms with Crippen molar-refractivity contribution in [3.8, 4) is 0 Å². The number of ether oxygens (including phenoxy) is 2. The zero-order chi connectivity index (χ0) is 26.8. The molecule has 38 heavy (non-hydrogen) atoms. The van der Waals surface area contributed by atoms with Gasteiger partial charge in [0.25, 0.3) is 11.8 Å². The maximum absolute atomic E-state index is 12.9. The zero-order valence-corrected chi connectivity index (χ0v) is 21.3. The Hall–Kier alpha value is -4.20. The van der Waals surface area contributed by atoms with E-state index < -0.39 is 24.0 Å². The van der Waals surface area contributed by atoms with Gasteiger partial charge < -0.3 is 20.1 Å². The average Bonchev–Trinajstić information content (AvgIpc) is 3.67. The van der Waals surface area contributed by atoms with Crippen molar-refractivity contribution in [1.29, 1.82) is 0 Å². The van der Waals surface area contributed by atoms with E-state index in [9.17, 15) is 19.2 Å². The predicted octanol–water partition coefficient (Wildman–Crippen LogP) is 3.07. The molecule has 8 nitrogen and oxygen atoms in total. The van der Waals surface area contributed by atoms with E-state index in [0.29, 0.717) is 17.5 Å². The molecule has 2 aromatic rings. The highest BCUT2D eigenvalue weighted by Crippen LogP contribution is 2.58. The van der Waals surface area contributed by atoms with Crippen molar-refractivity contribution in [2.75, 3.05) is 14.2 Å². The van der Waals surface area contributed by atoms with Crippen LogP contribution >= 0.6 is 0 Å². The summed E-state index contributed by atoms with van der Waals surface area (Å²) in [6.45, 7) is 0. The molecule has 8 heteroatoms. The Balaban J connectivity index is 1.36. The minimum absolute atomic E-state index is 0.0193. The van der Waals surface area contributed by atoms with Gasteiger partial charge in [-0.2, -0.15) is 0 Å². The molecular weight excluding hydrogens is 484 g/mol. The van der Waals surface area contributed by atoms with Gasteiger partial charge in [-0.3, -0.25) is 9.59 Å². The molecule has 0 heterocycles. The summed E-state index contributed by atoms with van der Waals surface area (Å²) in [5.74, 6) is -1.20. The highest BCUT2D eigenvalue weighted by Gasteiger charge is 2.53. The van der Waals surface area contributed by atoms with Crippen LogP contribution in [0.4, 0.5) is 0 Å². The molecule has 5 rings (SSSR count). The van der Waals surface area contributed by atoms with E-state index in [1.54, 1.807) is 48.5 Å². The minimum Gasteiger partial charge on any atom is -0.467 e. The number of carbonyl (C=O) groups is 4. The fourth-order valence-corrected chi connectivity index (χ4v) is 6.19. The monoisotopic (exact) mass is 514 g/mol. The lowest BCUT2D eigenvalue weighted by molar-refractivity contribution is -0.142. The number of hydrogen-bond acceptors (Lipinski definition) is 6. The number of nitrogens with one attached hydrogen (secondary N) is 2. The summed E-state index contributed by atoms with van der Waals surface area (Å²) in [6.07, 6.45) is 5.65. The number of hydrogen-bond donors (Lipinski definition) is 2. The van der Waals surface area contributed by atoms with Crippen LogP contribution in [-0.2, 0) is 19.1 Å². The SMILES string of the molecule is COC(=O)C(NC(=O)c1ccccc1)C1=CC2C3CC(C=C3C(NC(=O)c3ccccc3)C(=O)OC)C2C1. The van der Waals surface area contributed by atoms with Gasteiger partial charge >= 0.3 is 11.9 Å². The molecule has 0 spiro atoms.